The first kappa shape index (κ1) is 36.9. The maximum Gasteiger partial charge on any atom is 0.408 e. The molecule has 0 aliphatic rings. The lowest BCUT2D eigenvalue weighted by molar-refractivity contribution is -0.146. The van der Waals surface area contributed by atoms with E-state index in [0.29, 0.717) is 24.3 Å². The van der Waals surface area contributed by atoms with Gasteiger partial charge in [-0.2, -0.15) is 0 Å². The van der Waals surface area contributed by atoms with Crippen molar-refractivity contribution in [3.63, 3.8) is 0 Å². The number of hydrogen-bond donors (Lipinski definition) is 2. The van der Waals surface area contributed by atoms with E-state index in [4.69, 9.17) is 9.47 Å². The van der Waals surface area contributed by atoms with Gasteiger partial charge in [0.15, 0.2) is 0 Å². The van der Waals surface area contributed by atoms with Crippen molar-refractivity contribution in [1.82, 2.24) is 15.5 Å². The summed E-state index contributed by atoms with van der Waals surface area (Å²) in [5.74, 6) is -0.666. The van der Waals surface area contributed by atoms with Gasteiger partial charge in [0, 0.05) is 12.6 Å². The summed E-state index contributed by atoms with van der Waals surface area (Å²) in [6.07, 6.45) is 1.23. The van der Waals surface area contributed by atoms with Gasteiger partial charge in [0.05, 0.1) is 13.0 Å². The summed E-state index contributed by atoms with van der Waals surface area (Å²) in [4.78, 5) is 55.0. The molecule has 0 radical (unpaired) electrons. The van der Waals surface area contributed by atoms with E-state index in [2.05, 4.69) is 24.5 Å². The standard InChI is InChI=1S/C33H55N3O6/c1-12-41-28(37)17-18-34-30(38)29(26-20-23(6)14-15-24(26)7)36(25(8)16-13-21(2)3)31(39)27(19-22(4)5)35-32(40)42-33(9,10)11/h14-15,20-22,25,27,29H,12-13,16-19H2,1-11H3,(H,34,38)(H,35,40). The normalized spacial score (nSPS) is 13.7. The lowest BCUT2D eigenvalue weighted by atomic mass is 9.92. The van der Waals surface area contributed by atoms with Crippen LogP contribution in [0.4, 0.5) is 4.79 Å². The Morgan fingerprint density at radius 3 is 2.14 bits per heavy atom. The first-order valence-electron chi connectivity index (χ1n) is 15.3. The molecule has 3 atom stereocenters. The Bertz CT molecular complexity index is 1050. The quantitative estimate of drug-likeness (QED) is 0.242. The average Bonchev–Trinajstić information content (AvgIpc) is 2.85. The second kappa shape index (κ2) is 17.1. The Labute approximate surface area is 253 Å². The van der Waals surface area contributed by atoms with Crippen molar-refractivity contribution in [2.45, 2.75) is 126 Å². The topological polar surface area (TPSA) is 114 Å². The van der Waals surface area contributed by atoms with E-state index in [9.17, 15) is 19.2 Å². The minimum absolute atomic E-state index is 0.0200. The zero-order valence-corrected chi connectivity index (χ0v) is 27.8. The second-order valence-electron chi connectivity index (χ2n) is 13.0. The molecule has 1 rings (SSSR count). The highest BCUT2D eigenvalue weighted by Gasteiger charge is 2.39. The van der Waals surface area contributed by atoms with Gasteiger partial charge in [0.25, 0.3) is 0 Å². The molecule has 0 aliphatic heterocycles. The number of rotatable bonds is 15. The van der Waals surface area contributed by atoms with E-state index in [-0.39, 0.29) is 37.4 Å². The fourth-order valence-electron chi connectivity index (χ4n) is 4.72. The van der Waals surface area contributed by atoms with Crippen LogP contribution in [0.15, 0.2) is 18.2 Å². The summed E-state index contributed by atoms with van der Waals surface area (Å²) in [5, 5.41) is 5.68. The number of hydrogen-bond acceptors (Lipinski definition) is 6. The van der Waals surface area contributed by atoms with E-state index >= 15 is 0 Å². The Morgan fingerprint density at radius 1 is 0.952 bits per heavy atom. The van der Waals surface area contributed by atoms with Crippen LogP contribution in [0.5, 0.6) is 0 Å². The Morgan fingerprint density at radius 2 is 1.60 bits per heavy atom. The summed E-state index contributed by atoms with van der Waals surface area (Å²) >= 11 is 0. The Balaban J connectivity index is 3.66. The molecule has 9 heteroatoms. The van der Waals surface area contributed by atoms with Gasteiger partial charge in [-0.3, -0.25) is 14.4 Å². The predicted molar refractivity (Wildman–Crippen MR) is 166 cm³/mol. The number of esters is 1. The largest absolute Gasteiger partial charge is 0.466 e. The van der Waals surface area contributed by atoms with E-state index in [1.54, 1.807) is 32.6 Å². The number of aryl methyl sites for hydroxylation is 2. The van der Waals surface area contributed by atoms with Gasteiger partial charge in [0.2, 0.25) is 11.8 Å². The summed E-state index contributed by atoms with van der Waals surface area (Å²) < 4.78 is 10.5. The molecule has 9 nitrogen and oxygen atoms in total. The summed E-state index contributed by atoms with van der Waals surface area (Å²) in [6, 6.07) is 3.64. The SMILES string of the molecule is CCOC(=O)CCNC(=O)C(c1cc(C)ccc1C)N(C(=O)C(CC(C)C)NC(=O)OC(C)(C)C)C(C)CCC(C)C. The maximum absolute atomic E-state index is 14.6. The van der Waals surface area contributed by atoms with Crippen LogP contribution in [-0.4, -0.2) is 59.6 Å². The number of benzene rings is 1. The average molecular weight is 590 g/mol. The smallest absolute Gasteiger partial charge is 0.408 e. The van der Waals surface area contributed by atoms with Crippen molar-refractivity contribution in [1.29, 1.82) is 0 Å². The van der Waals surface area contributed by atoms with Gasteiger partial charge in [-0.25, -0.2) is 4.79 Å². The van der Waals surface area contributed by atoms with Crippen molar-refractivity contribution >= 4 is 23.9 Å². The molecule has 0 saturated heterocycles. The minimum atomic E-state index is -0.975. The third-order valence-electron chi connectivity index (χ3n) is 6.78. The van der Waals surface area contributed by atoms with E-state index in [0.717, 1.165) is 17.5 Å². The minimum Gasteiger partial charge on any atom is -0.466 e. The molecule has 0 aromatic heterocycles. The fraction of sp³-hybridized carbons (Fsp3) is 0.697. The highest BCUT2D eigenvalue weighted by atomic mass is 16.6. The maximum atomic E-state index is 14.6. The van der Waals surface area contributed by atoms with Gasteiger partial charge < -0.3 is 25.0 Å². The third kappa shape index (κ3) is 12.8. The molecular weight excluding hydrogens is 534 g/mol. The van der Waals surface area contributed by atoms with Crippen molar-refractivity contribution in [3.05, 3.63) is 34.9 Å². The highest BCUT2D eigenvalue weighted by Crippen LogP contribution is 2.31. The number of alkyl carbamates (subject to hydrolysis) is 1. The van der Waals surface area contributed by atoms with Crippen LogP contribution in [-0.2, 0) is 23.9 Å². The highest BCUT2D eigenvalue weighted by molar-refractivity contribution is 5.92. The molecule has 42 heavy (non-hydrogen) atoms. The van der Waals surface area contributed by atoms with E-state index in [1.165, 1.54) is 0 Å². The van der Waals surface area contributed by atoms with Crippen molar-refractivity contribution in [3.8, 4) is 0 Å². The molecule has 3 unspecified atom stereocenters. The molecule has 0 aliphatic carbocycles. The molecule has 3 amide bonds. The summed E-state index contributed by atoms with van der Waals surface area (Å²) in [7, 11) is 0. The van der Waals surface area contributed by atoms with Crippen molar-refractivity contribution in [2.24, 2.45) is 11.8 Å². The second-order valence-corrected chi connectivity index (χ2v) is 13.0. The monoisotopic (exact) mass is 589 g/mol. The third-order valence-corrected chi connectivity index (χ3v) is 6.78. The number of nitrogens with one attached hydrogen (secondary N) is 2. The van der Waals surface area contributed by atoms with Crippen LogP contribution >= 0.6 is 0 Å². The molecule has 0 spiro atoms. The zero-order chi connectivity index (χ0) is 32.2. The number of ether oxygens (including phenoxy) is 2. The molecule has 2 N–H and O–H groups in total. The van der Waals surface area contributed by atoms with Crippen LogP contribution in [0.2, 0.25) is 0 Å². The number of carbonyl (C=O) groups excluding carboxylic acids is 4. The van der Waals surface area contributed by atoms with Gasteiger partial charge >= 0.3 is 12.1 Å². The lowest BCUT2D eigenvalue weighted by Crippen LogP contribution is -2.56. The molecule has 1 aromatic carbocycles. The molecule has 0 saturated carbocycles. The predicted octanol–water partition coefficient (Wildman–Crippen LogP) is 6.01. The van der Waals surface area contributed by atoms with Gasteiger partial charge in [-0.1, -0.05) is 51.5 Å². The Hall–Kier alpha value is -3.10. The Kier molecular flexibility index (Phi) is 15.1. The van der Waals surface area contributed by atoms with Crippen LogP contribution in [0, 0.1) is 25.7 Å². The number of nitrogens with zero attached hydrogens (tertiary/aromatic N) is 1. The van der Waals surface area contributed by atoms with E-state index < -0.39 is 35.7 Å². The van der Waals surface area contributed by atoms with Crippen molar-refractivity contribution in [2.75, 3.05) is 13.2 Å². The molecule has 0 heterocycles. The first-order valence-corrected chi connectivity index (χ1v) is 15.3. The lowest BCUT2D eigenvalue weighted by Gasteiger charge is -2.39. The molecule has 1 aromatic rings. The summed E-state index contributed by atoms with van der Waals surface area (Å²) in [6.45, 7) is 21.4. The molecule has 238 valence electrons. The fourth-order valence-corrected chi connectivity index (χ4v) is 4.72. The van der Waals surface area contributed by atoms with Gasteiger partial charge in [-0.05, 0) is 90.7 Å². The van der Waals surface area contributed by atoms with Crippen LogP contribution in [0.1, 0.15) is 111 Å². The van der Waals surface area contributed by atoms with Gasteiger partial charge in [-0.15, -0.1) is 0 Å². The van der Waals surface area contributed by atoms with Crippen LogP contribution in [0.25, 0.3) is 0 Å². The van der Waals surface area contributed by atoms with Crippen LogP contribution in [0.3, 0.4) is 0 Å². The van der Waals surface area contributed by atoms with E-state index in [1.807, 2.05) is 52.8 Å². The zero-order valence-electron chi connectivity index (χ0n) is 27.8. The van der Waals surface area contributed by atoms with Crippen LogP contribution < -0.4 is 10.6 Å². The molecule has 0 fully saturated rings. The first-order chi connectivity index (χ1) is 19.5. The number of amides is 3. The molecule has 0 bridgehead atoms. The summed E-state index contributed by atoms with van der Waals surface area (Å²) in [5.41, 5.74) is 1.78. The molecular formula is C33H55N3O6. The van der Waals surface area contributed by atoms with Gasteiger partial charge in [0.1, 0.15) is 17.7 Å². The number of carbonyl (C=O) groups is 4. The van der Waals surface area contributed by atoms with Crippen molar-refractivity contribution < 1.29 is 28.7 Å².